The molecule has 1 N–H and O–H groups in total. The minimum atomic E-state index is -0.638. The topological polar surface area (TPSA) is 88.4 Å². The number of carbonyl (C=O) groups is 2. The lowest BCUT2D eigenvalue weighted by molar-refractivity contribution is -0.143. The highest BCUT2D eigenvalue weighted by molar-refractivity contribution is 6.31. The first kappa shape index (κ1) is 17.5. The van der Waals surface area contributed by atoms with Gasteiger partial charge in [-0.25, -0.2) is 4.79 Å². The van der Waals surface area contributed by atoms with Crippen molar-refractivity contribution >= 4 is 35.2 Å². The minimum Gasteiger partial charge on any atom is -0.488 e. The number of carbonyl (C=O) groups excluding carboxylic acids is 2. The number of halogens is 1. The van der Waals surface area contributed by atoms with Gasteiger partial charge in [0.25, 0.3) is 5.91 Å². The Morgan fingerprint density at radius 2 is 2.08 bits per heavy atom. The normalized spacial score (nSPS) is 12.1. The van der Waals surface area contributed by atoms with E-state index >= 15 is 0 Å². The van der Waals surface area contributed by atoms with Gasteiger partial charge in [0.1, 0.15) is 18.4 Å². The molecule has 1 heterocycles. The molecule has 26 heavy (non-hydrogen) atoms. The molecule has 0 bridgehead atoms. The number of fused-ring (bicyclic) bond motifs is 1. The highest BCUT2D eigenvalue weighted by Crippen LogP contribution is 2.26. The van der Waals surface area contributed by atoms with Gasteiger partial charge in [-0.2, -0.15) is 5.26 Å². The molecule has 1 aliphatic rings. The Hall–Kier alpha value is -3.30. The smallest absolute Gasteiger partial charge is 0.338 e. The van der Waals surface area contributed by atoms with E-state index in [0.717, 1.165) is 5.56 Å². The standard InChI is InChI=1S/C19H13ClN2O4/c20-15-6-5-13(9-21)16(8-15)22-18(23)11-26-19(24)14-7-12-3-1-2-4-17(12)25-10-14/h1-8H,10-11H2,(H,22,23). The first-order valence-corrected chi connectivity index (χ1v) is 8.03. The fourth-order valence-electron chi connectivity index (χ4n) is 2.36. The molecule has 6 nitrogen and oxygen atoms in total. The molecule has 0 atom stereocenters. The van der Waals surface area contributed by atoms with Crippen LogP contribution in [0.4, 0.5) is 5.69 Å². The molecular weight excluding hydrogens is 356 g/mol. The number of para-hydroxylation sites is 1. The molecule has 2 aromatic carbocycles. The number of esters is 1. The zero-order chi connectivity index (χ0) is 18.5. The molecule has 0 spiro atoms. The Bertz CT molecular complexity index is 947. The molecule has 1 aliphatic heterocycles. The average Bonchev–Trinajstić information content (AvgIpc) is 2.66. The second-order valence-corrected chi connectivity index (χ2v) is 5.86. The Morgan fingerprint density at radius 1 is 1.27 bits per heavy atom. The van der Waals surface area contributed by atoms with E-state index in [1.165, 1.54) is 12.1 Å². The van der Waals surface area contributed by atoms with Crippen LogP contribution in [0, 0.1) is 11.3 Å². The van der Waals surface area contributed by atoms with Crippen molar-refractivity contribution in [1.82, 2.24) is 0 Å². The molecule has 0 saturated carbocycles. The molecular formula is C19H13ClN2O4. The van der Waals surface area contributed by atoms with Crippen LogP contribution in [0.1, 0.15) is 11.1 Å². The van der Waals surface area contributed by atoms with E-state index in [1.807, 2.05) is 24.3 Å². The number of benzene rings is 2. The minimum absolute atomic E-state index is 0.0737. The monoisotopic (exact) mass is 368 g/mol. The number of ether oxygens (including phenoxy) is 2. The maximum absolute atomic E-state index is 12.1. The van der Waals surface area contributed by atoms with Crippen LogP contribution in [0.25, 0.3) is 6.08 Å². The maximum Gasteiger partial charge on any atom is 0.338 e. The SMILES string of the molecule is N#Cc1ccc(Cl)cc1NC(=O)COC(=O)C1=Cc2ccccc2OC1. The molecule has 7 heteroatoms. The summed E-state index contributed by atoms with van der Waals surface area (Å²) in [5, 5.41) is 11.9. The van der Waals surface area contributed by atoms with Crippen molar-refractivity contribution in [3.8, 4) is 11.8 Å². The summed E-state index contributed by atoms with van der Waals surface area (Å²) in [4.78, 5) is 24.1. The van der Waals surface area contributed by atoms with Crippen LogP contribution in [0.2, 0.25) is 5.02 Å². The number of nitrogens with one attached hydrogen (secondary N) is 1. The number of hydrogen-bond donors (Lipinski definition) is 1. The second-order valence-electron chi connectivity index (χ2n) is 5.42. The molecule has 2 aromatic rings. The lowest BCUT2D eigenvalue weighted by Gasteiger charge is -2.16. The Balaban J connectivity index is 1.60. The molecule has 0 saturated heterocycles. The van der Waals surface area contributed by atoms with Crippen LogP contribution in [0.5, 0.6) is 5.75 Å². The molecule has 0 aromatic heterocycles. The van der Waals surface area contributed by atoms with Crippen molar-refractivity contribution in [1.29, 1.82) is 5.26 Å². The molecule has 3 rings (SSSR count). The zero-order valence-electron chi connectivity index (χ0n) is 13.5. The quantitative estimate of drug-likeness (QED) is 0.837. The summed E-state index contributed by atoms with van der Waals surface area (Å²) in [6, 6.07) is 13.7. The average molecular weight is 369 g/mol. The molecule has 130 valence electrons. The van der Waals surface area contributed by atoms with Gasteiger partial charge in [0.05, 0.1) is 16.8 Å². The highest BCUT2D eigenvalue weighted by atomic mass is 35.5. The number of rotatable bonds is 4. The van der Waals surface area contributed by atoms with Gasteiger partial charge in [-0.05, 0) is 30.3 Å². The summed E-state index contributed by atoms with van der Waals surface area (Å²) in [6.07, 6.45) is 1.67. The Morgan fingerprint density at radius 3 is 2.88 bits per heavy atom. The highest BCUT2D eigenvalue weighted by Gasteiger charge is 2.19. The van der Waals surface area contributed by atoms with Gasteiger partial charge in [-0.1, -0.05) is 29.8 Å². The number of hydrogen-bond acceptors (Lipinski definition) is 5. The van der Waals surface area contributed by atoms with E-state index in [-0.39, 0.29) is 17.9 Å². The van der Waals surface area contributed by atoms with Gasteiger partial charge in [0.2, 0.25) is 0 Å². The maximum atomic E-state index is 12.1. The van der Waals surface area contributed by atoms with Crippen LogP contribution in [0.3, 0.4) is 0 Å². The summed E-state index contributed by atoms with van der Waals surface area (Å²) in [5.41, 5.74) is 1.61. The van der Waals surface area contributed by atoms with Crippen molar-refractivity contribution in [3.63, 3.8) is 0 Å². The number of anilines is 1. The van der Waals surface area contributed by atoms with Gasteiger partial charge in [0, 0.05) is 10.6 Å². The van der Waals surface area contributed by atoms with Crippen LogP contribution in [0.15, 0.2) is 48.0 Å². The van der Waals surface area contributed by atoms with Crippen molar-refractivity contribution in [3.05, 3.63) is 64.2 Å². The third-order valence-electron chi connectivity index (χ3n) is 3.60. The molecule has 0 fully saturated rings. The van der Waals surface area contributed by atoms with Crippen LogP contribution in [-0.4, -0.2) is 25.1 Å². The van der Waals surface area contributed by atoms with Crippen LogP contribution < -0.4 is 10.1 Å². The third-order valence-corrected chi connectivity index (χ3v) is 3.84. The summed E-state index contributed by atoms with van der Waals surface area (Å²) in [7, 11) is 0. The van der Waals surface area contributed by atoms with Crippen LogP contribution in [-0.2, 0) is 14.3 Å². The fourth-order valence-corrected chi connectivity index (χ4v) is 2.53. The van der Waals surface area contributed by atoms with Crippen LogP contribution >= 0.6 is 11.6 Å². The number of nitrogens with zero attached hydrogens (tertiary/aromatic N) is 1. The van der Waals surface area contributed by atoms with Gasteiger partial charge >= 0.3 is 5.97 Å². The summed E-state index contributed by atoms with van der Waals surface area (Å²) >= 11 is 5.86. The predicted octanol–water partition coefficient (Wildman–Crippen LogP) is 3.17. The molecule has 0 aliphatic carbocycles. The van der Waals surface area contributed by atoms with E-state index in [0.29, 0.717) is 16.3 Å². The van der Waals surface area contributed by atoms with Crippen molar-refractivity contribution < 1.29 is 19.1 Å². The van der Waals surface area contributed by atoms with Crippen molar-refractivity contribution in [2.24, 2.45) is 0 Å². The van der Waals surface area contributed by atoms with E-state index in [2.05, 4.69) is 5.32 Å². The summed E-state index contributed by atoms with van der Waals surface area (Å²) in [5.74, 6) is -0.525. The first-order chi connectivity index (χ1) is 12.6. The van der Waals surface area contributed by atoms with E-state index < -0.39 is 18.5 Å². The molecule has 1 amide bonds. The van der Waals surface area contributed by atoms with Crippen molar-refractivity contribution in [2.45, 2.75) is 0 Å². The van der Waals surface area contributed by atoms with Gasteiger partial charge in [-0.3, -0.25) is 4.79 Å². The van der Waals surface area contributed by atoms with Gasteiger partial charge in [0.15, 0.2) is 6.61 Å². The summed E-state index contributed by atoms with van der Waals surface area (Å²) < 4.78 is 10.5. The number of amides is 1. The van der Waals surface area contributed by atoms with E-state index in [4.69, 9.17) is 26.3 Å². The Labute approximate surface area is 154 Å². The molecule has 0 unspecified atom stereocenters. The fraction of sp³-hybridized carbons (Fsp3) is 0.105. The predicted molar refractivity (Wildman–Crippen MR) is 95.7 cm³/mol. The van der Waals surface area contributed by atoms with Gasteiger partial charge in [-0.15, -0.1) is 0 Å². The summed E-state index contributed by atoms with van der Waals surface area (Å²) in [6.45, 7) is -0.417. The van der Waals surface area contributed by atoms with Crippen molar-refractivity contribution in [2.75, 3.05) is 18.5 Å². The largest absolute Gasteiger partial charge is 0.488 e. The first-order valence-electron chi connectivity index (χ1n) is 7.66. The lowest BCUT2D eigenvalue weighted by atomic mass is 10.1. The third kappa shape index (κ3) is 4.02. The second kappa shape index (κ2) is 7.72. The lowest BCUT2D eigenvalue weighted by Crippen LogP contribution is -2.24. The Kier molecular flexibility index (Phi) is 5.20. The zero-order valence-corrected chi connectivity index (χ0v) is 14.2. The molecule has 0 radical (unpaired) electrons. The van der Waals surface area contributed by atoms with E-state index in [9.17, 15) is 9.59 Å². The van der Waals surface area contributed by atoms with E-state index in [1.54, 1.807) is 18.2 Å². The van der Waals surface area contributed by atoms with Gasteiger partial charge < -0.3 is 14.8 Å². The number of nitriles is 1.